The highest BCUT2D eigenvalue weighted by Crippen LogP contribution is 2.32. The summed E-state index contributed by atoms with van der Waals surface area (Å²) in [6, 6.07) is 15.7. The molecule has 2 aromatic rings. The van der Waals surface area contributed by atoms with Crippen molar-refractivity contribution in [2.45, 2.75) is 38.0 Å². The van der Waals surface area contributed by atoms with Crippen molar-refractivity contribution >= 4 is 27.5 Å². The highest BCUT2D eigenvalue weighted by atomic mass is 79.9. The van der Waals surface area contributed by atoms with Crippen molar-refractivity contribution in [2.24, 2.45) is 0 Å². The third kappa shape index (κ3) is 4.73. The average Bonchev–Trinajstić information content (AvgIpc) is 2.67. The van der Waals surface area contributed by atoms with Gasteiger partial charge >= 0.3 is 0 Å². The molecule has 3 nitrogen and oxygen atoms in total. The van der Waals surface area contributed by atoms with Crippen LogP contribution >= 0.6 is 15.9 Å². The first-order valence-electron chi connectivity index (χ1n) is 8.74. The molecule has 130 valence electrons. The fourth-order valence-corrected chi connectivity index (χ4v) is 3.53. The van der Waals surface area contributed by atoms with Crippen LogP contribution < -0.4 is 10.9 Å². The molecule has 0 saturated heterocycles. The summed E-state index contributed by atoms with van der Waals surface area (Å²) in [5, 5.41) is 0. The number of benzene rings is 2. The molecule has 0 aliphatic heterocycles. The van der Waals surface area contributed by atoms with E-state index >= 15 is 0 Å². The third-order valence-electron chi connectivity index (χ3n) is 4.77. The van der Waals surface area contributed by atoms with Crippen LogP contribution in [0.3, 0.4) is 0 Å². The molecule has 1 fully saturated rings. The first-order chi connectivity index (χ1) is 12.1. The van der Waals surface area contributed by atoms with Crippen LogP contribution in [-0.4, -0.2) is 5.91 Å². The molecule has 0 bridgehead atoms. The Hall–Kier alpha value is -2.07. The Labute approximate surface area is 157 Å². The summed E-state index contributed by atoms with van der Waals surface area (Å²) >= 11 is 3.36. The Morgan fingerprint density at radius 1 is 0.880 bits per heavy atom. The zero-order valence-corrected chi connectivity index (χ0v) is 15.8. The molecule has 25 heavy (non-hydrogen) atoms. The SMILES string of the molecule is C=C(NNC(=O)c1ccc(Br)cc1)c1ccc(C2CCCCC2)cc1. The molecule has 0 aromatic heterocycles. The molecule has 2 aromatic carbocycles. The molecule has 1 aliphatic rings. The minimum atomic E-state index is -0.188. The van der Waals surface area contributed by atoms with E-state index in [1.807, 2.05) is 12.1 Å². The van der Waals surface area contributed by atoms with Crippen molar-refractivity contribution in [2.75, 3.05) is 0 Å². The summed E-state index contributed by atoms with van der Waals surface area (Å²) in [7, 11) is 0. The molecular formula is C21H23BrN2O. The molecular weight excluding hydrogens is 376 g/mol. The van der Waals surface area contributed by atoms with Gasteiger partial charge < -0.3 is 0 Å². The van der Waals surface area contributed by atoms with E-state index in [-0.39, 0.29) is 5.91 Å². The van der Waals surface area contributed by atoms with Crippen LogP contribution in [0.4, 0.5) is 0 Å². The molecule has 0 spiro atoms. The van der Waals surface area contributed by atoms with Gasteiger partial charge in [-0.1, -0.05) is 66.0 Å². The van der Waals surface area contributed by atoms with Crippen LogP contribution in [0.5, 0.6) is 0 Å². The summed E-state index contributed by atoms with van der Waals surface area (Å²) in [6.07, 6.45) is 6.63. The maximum absolute atomic E-state index is 12.1. The standard InChI is InChI=1S/C21H23BrN2O/c1-15(23-24-21(25)19-11-13-20(22)14-12-19)16-7-9-18(10-8-16)17-5-3-2-4-6-17/h7-14,17,23H,1-6H2,(H,24,25). The molecule has 0 radical (unpaired) electrons. The zero-order valence-electron chi connectivity index (χ0n) is 14.2. The van der Waals surface area contributed by atoms with Gasteiger partial charge in [0.05, 0.1) is 5.70 Å². The predicted molar refractivity (Wildman–Crippen MR) is 106 cm³/mol. The molecule has 0 atom stereocenters. The van der Waals surface area contributed by atoms with Crippen molar-refractivity contribution < 1.29 is 4.79 Å². The first-order valence-corrected chi connectivity index (χ1v) is 9.54. The maximum atomic E-state index is 12.1. The highest BCUT2D eigenvalue weighted by molar-refractivity contribution is 9.10. The molecule has 1 saturated carbocycles. The second kappa shape index (κ2) is 8.34. The number of nitrogens with one attached hydrogen (secondary N) is 2. The number of hydrazine groups is 1. The number of carbonyl (C=O) groups excluding carboxylic acids is 1. The normalized spacial score (nSPS) is 14.8. The molecule has 2 N–H and O–H groups in total. The third-order valence-corrected chi connectivity index (χ3v) is 5.30. The second-order valence-corrected chi connectivity index (χ2v) is 7.44. The summed E-state index contributed by atoms with van der Waals surface area (Å²) in [5.74, 6) is 0.508. The smallest absolute Gasteiger partial charge is 0.269 e. The Morgan fingerprint density at radius 3 is 2.12 bits per heavy atom. The first kappa shape index (κ1) is 17.7. The summed E-state index contributed by atoms with van der Waals surface area (Å²) in [5.41, 5.74) is 9.27. The highest BCUT2D eigenvalue weighted by Gasteiger charge is 2.15. The monoisotopic (exact) mass is 398 g/mol. The van der Waals surface area contributed by atoms with Crippen molar-refractivity contribution in [3.05, 3.63) is 76.3 Å². The van der Waals surface area contributed by atoms with Gasteiger partial charge in [0, 0.05) is 10.0 Å². The van der Waals surface area contributed by atoms with Crippen LogP contribution in [-0.2, 0) is 0 Å². The van der Waals surface area contributed by atoms with Gasteiger partial charge in [-0.15, -0.1) is 0 Å². The lowest BCUT2D eigenvalue weighted by molar-refractivity contribution is 0.0942. The molecule has 4 heteroatoms. The quantitative estimate of drug-likeness (QED) is 0.661. The Kier molecular flexibility index (Phi) is 5.92. The van der Waals surface area contributed by atoms with E-state index in [1.54, 1.807) is 12.1 Å². The zero-order chi connectivity index (χ0) is 17.6. The van der Waals surface area contributed by atoms with Gasteiger partial charge in [0.25, 0.3) is 5.91 Å². The molecule has 0 unspecified atom stereocenters. The van der Waals surface area contributed by atoms with Crippen LogP contribution in [0.25, 0.3) is 5.70 Å². The number of carbonyl (C=O) groups is 1. The minimum absolute atomic E-state index is 0.188. The van der Waals surface area contributed by atoms with Gasteiger partial charge in [-0.2, -0.15) is 0 Å². The van der Waals surface area contributed by atoms with E-state index in [0.29, 0.717) is 17.2 Å². The number of halogens is 1. The van der Waals surface area contributed by atoms with E-state index in [0.717, 1.165) is 10.0 Å². The molecule has 1 aliphatic carbocycles. The lowest BCUT2D eigenvalue weighted by Gasteiger charge is -2.22. The Bertz CT molecular complexity index is 731. The maximum Gasteiger partial charge on any atom is 0.269 e. The molecule has 0 heterocycles. The van der Waals surface area contributed by atoms with Crippen molar-refractivity contribution in [3.63, 3.8) is 0 Å². The van der Waals surface area contributed by atoms with Crippen molar-refractivity contribution in [3.8, 4) is 0 Å². The lowest BCUT2D eigenvalue weighted by atomic mass is 9.84. The molecule has 1 amide bonds. The van der Waals surface area contributed by atoms with Crippen molar-refractivity contribution in [1.29, 1.82) is 0 Å². The largest absolute Gasteiger partial charge is 0.298 e. The summed E-state index contributed by atoms with van der Waals surface area (Å²) in [6.45, 7) is 4.01. The van der Waals surface area contributed by atoms with Crippen molar-refractivity contribution in [1.82, 2.24) is 10.9 Å². The number of amides is 1. The number of hydrogen-bond acceptors (Lipinski definition) is 2. The van der Waals surface area contributed by atoms with Gasteiger partial charge in [0.1, 0.15) is 0 Å². The Balaban J connectivity index is 1.55. The lowest BCUT2D eigenvalue weighted by Crippen LogP contribution is -2.35. The fourth-order valence-electron chi connectivity index (χ4n) is 3.27. The summed E-state index contributed by atoms with van der Waals surface area (Å²) < 4.78 is 0.944. The topological polar surface area (TPSA) is 41.1 Å². The summed E-state index contributed by atoms with van der Waals surface area (Å²) in [4.78, 5) is 12.1. The van der Waals surface area contributed by atoms with E-state index < -0.39 is 0 Å². The van der Waals surface area contributed by atoms with Crippen LogP contribution in [0.2, 0.25) is 0 Å². The van der Waals surface area contributed by atoms with Gasteiger partial charge in [-0.05, 0) is 54.2 Å². The Morgan fingerprint density at radius 2 is 1.48 bits per heavy atom. The van der Waals surface area contributed by atoms with E-state index in [1.165, 1.54) is 37.7 Å². The van der Waals surface area contributed by atoms with Gasteiger partial charge in [0.2, 0.25) is 0 Å². The van der Waals surface area contributed by atoms with E-state index in [2.05, 4.69) is 57.6 Å². The van der Waals surface area contributed by atoms with Gasteiger partial charge in [-0.25, -0.2) is 0 Å². The molecule has 3 rings (SSSR count). The van der Waals surface area contributed by atoms with Crippen LogP contribution in [0.1, 0.15) is 59.5 Å². The van der Waals surface area contributed by atoms with Crippen LogP contribution in [0, 0.1) is 0 Å². The van der Waals surface area contributed by atoms with E-state index in [4.69, 9.17) is 0 Å². The number of rotatable bonds is 5. The minimum Gasteiger partial charge on any atom is -0.298 e. The van der Waals surface area contributed by atoms with Gasteiger partial charge in [-0.3, -0.25) is 15.6 Å². The second-order valence-electron chi connectivity index (χ2n) is 6.52. The average molecular weight is 399 g/mol. The fraction of sp³-hybridized carbons (Fsp3) is 0.286. The van der Waals surface area contributed by atoms with Gasteiger partial charge in [0.15, 0.2) is 0 Å². The van der Waals surface area contributed by atoms with E-state index in [9.17, 15) is 4.79 Å². The predicted octanol–water partition coefficient (Wildman–Crippen LogP) is 5.40. The van der Waals surface area contributed by atoms with Crippen LogP contribution in [0.15, 0.2) is 59.6 Å². The number of hydrogen-bond donors (Lipinski definition) is 2.